The number of aromatic nitrogens is 1. The molecule has 0 spiro atoms. The predicted octanol–water partition coefficient (Wildman–Crippen LogP) is 2.33. The van der Waals surface area contributed by atoms with Gasteiger partial charge in [-0.1, -0.05) is 22.0 Å². The van der Waals surface area contributed by atoms with Crippen molar-refractivity contribution in [3.8, 4) is 0 Å². The Labute approximate surface area is 69.6 Å². The molecule has 0 radical (unpaired) electrons. The molecule has 0 bridgehead atoms. The Balaban J connectivity index is 2.81. The maximum atomic E-state index is 4.24. The molecule has 0 saturated heterocycles. The number of halogens is 1. The third-order valence-corrected chi connectivity index (χ3v) is 1.85. The van der Waals surface area contributed by atoms with Crippen LogP contribution in [0.2, 0.25) is 0 Å². The molecule has 0 fully saturated rings. The van der Waals surface area contributed by atoms with E-state index in [4.69, 9.17) is 0 Å². The molecule has 0 aromatic carbocycles. The molecule has 0 aliphatic carbocycles. The van der Waals surface area contributed by atoms with Gasteiger partial charge < -0.3 is 0 Å². The Bertz CT molecular complexity index is 210. The summed E-state index contributed by atoms with van der Waals surface area (Å²) in [5.41, 5.74) is 2.47. The van der Waals surface area contributed by atoms with Crippen LogP contribution in [0.15, 0.2) is 18.3 Å². The van der Waals surface area contributed by atoms with Crippen molar-refractivity contribution < 1.29 is 0 Å². The Hall–Kier alpha value is -0.370. The predicted molar refractivity (Wildman–Crippen MR) is 46.5 cm³/mol. The van der Waals surface area contributed by atoms with E-state index in [9.17, 15) is 0 Å². The molecule has 1 rings (SSSR count). The highest BCUT2D eigenvalue weighted by atomic mass is 79.9. The number of alkyl halides is 1. The van der Waals surface area contributed by atoms with Crippen LogP contribution in [0.5, 0.6) is 0 Å². The van der Waals surface area contributed by atoms with Crippen LogP contribution in [-0.4, -0.2) is 10.3 Å². The average molecular weight is 200 g/mol. The fourth-order valence-corrected chi connectivity index (χ4v) is 1.25. The van der Waals surface area contributed by atoms with Crippen molar-refractivity contribution >= 4 is 15.9 Å². The van der Waals surface area contributed by atoms with Gasteiger partial charge in [0.05, 0.1) is 0 Å². The molecule has 0 unspecified atom stereocenters. The summed E-state index contributed by atoms with van der Waals surface area (Å²) in [6.45, 7) is 2.09. The van der Waals surface area contributed by atoms with Gasteiger partial charge in [-0.2, -0.15) is 0 Å². The van der Waals surface area contributed by atoms with Crippen LogP contribution in [0.3, 0.4) is 0 Å². The second-order valence-electron chi connectivity index (χ2n) is 2.21. The van der Waals surface area contributed by atoms with Crippen LogP contribution >= 0.6 is 15.9 Å². The van der Waals surface area contributed by atoms with E-state index in [0.717, 1.165) is 11.8 Å². The van der Waals surface area contributed by atoms with Crippen molar-refractivity contribution in [2.45, 2.75) is 13.3 Å². The maximum absolute atomic E-state index is 4.24. The summed E-state index contributed by atoms with van der Waals surface area (Å²) in [4.78, 5) is 4.24. The SMILES string of the molecule is Cc1cccnc1CCBr. The molecule has 0 N–H and O–H groups in total. The monoisotopic (exact) mass is 199 g/mol. The van der Waals surface area contributed by atoms with E-state index in [1.54, 1.807) is 0 Å². The third kappa shape index (κ3) is 1.81. The zero-order valence-electron chi connectivity index (χ0n) is 5.97. The fraction of sp³-hybridized carbons (Fsp3) is 0.375. The van der Waals surface area contributed by atoms with Gasteiger partial charge >= 0.3 is 0 Å². The summed E-state index contributed by atoms with van der Waals surface area (Å²) in [5, 5.41) is 0.991. The lowest BCUT2D eigenvalue weighted by atomic mass is 10.2. The summed E-state index contributed by atoms with van der Waals surface area (Å²) >= 11 is 3.38. The highest BCUT2D eigenvalue weighted by Gasteiger charge is 1.94. The summed E-state index contributed by atoms with van der Waals surface area (Å²) in [6.07, 6.45) is 2.86. The highest BCUT2D eigenvalue weighted by molar-refractivity contribution is 9.09. The van der Waals surface area contributed by atoms with Crippen LogP contribution in [-0.2, 0) is 6.42 Å². The van der Waals surface area contributed by atoms with E-state index in [0.29, 0.717) is 0 Å². The van der Waals surface area contributed by atoms with Gasteiger partial charge in [-0.05, 0) is 25.0 Å². The zero-order valence-corrected chi connectivity index (χ0v) is 7.56. The summed E-state index contributed by atoms with van der Waals surface area (Å²) in [5.74, 6) is 0. The van der Waals surface area contributed by atoms with Gasteiger partial charge in [0.15, 0.2) is 0 Å². The van der Waals surface area contributed by atoms with Gasteiger partial charge in [-0.15, -0.1) is 0 Å². The normalized spacial score (nSPS) is 9.80. The van der Waals surface area contributed by atoms with Gasteiger partial charge in [0, 0.05) is 17.2 Å². The molecule has 54 valence electrons. The maximum Gasteiger partial charge on any atom is 0.0441 e. The first-order valence-electron chi connectivity index (χ1n) is 3.31. The lowest BCUT2D eigenvalue weighted by Crippen LogP contribution is -1.93. The van der Waals surface area contributed by atoms with Crippen LogP contribution < -0.4 is 0 Å². The van der Waals surface area contributed by atoms with Crippen molar-refractivity contribution in [2.75, 3.05) is 5.33 Å². The van der Waals surface area contributed by atoms with Gasteiger partial charge in [0.2, 0.25) is 0 Å². The van der Waals surface area contributed by atoms with Crippen molar-refractivity contribution in [3.05, 3.63) is 29.6 Å². The third-order valence-electron chi connectivity index (χ3n) is 1.45. The topological polar surface area (TPSA) is 12.9 Å². The van der Waals surface area contributed by atoms with Crippen molar-refractivity contribution in [1.29, 1.82) is 0 Å². The van der Waals surface area contributed by atoms with Gasteiger partial charge in [-0.3, -0.25) is 4.98 Å². The second kappa shape index (κ2) is 3.71. The minimum absolute atomic E-state index is 0.991. The molecule has 1 heterocycles. The molecular formula is C8H10BrN. The standard InChI is InChI=1S/C8H10BrN/c1-7-3-2-6-10-8(7)4-5-9/h2-3,6H,4-5H2,1H3. The first kappa shape index (κ1) is 7.73. The van der Waals surface area contributed by atoms with E-state index in [1.807, 2.05) is 12.3 Å². The van der Waals surface area contributed by atoms with Gasteiger partial charge in [-0.25, -0.2) is 0 Å². The summed E-state index contributed by atoms with van der Waals surface area (Å²) in [6, 6.07) is 4.05. The van der Waals surface area contributed by atoms with Crippen molar-refractivity contribution in [1.82, 2.24) is 4.98 Å². The smallest absolute Gasteiger partial charge is 0.0441 e. The molecule has 1 aromatic rings. The zero-order chi connectivity index (χ0) is 7.40. The molecule has 0 aliphatic rings. The molecular weight excluding hydrogens is 190 g/mol. The minimum Gasteiger partial charge on any atom is -0.261 e. The first-order valence-corrected chi connectivity index (χ1v) is 4.43. The molecule has 0 saturated carbocycles. The Morgan fingerprint density at radius 2 is 2.40 bits per heavy atom. The Morgan fingerprint density at radius 1 is 1.60 bits per heavy atom. The molecule has 0 atom stereocenters. The molecule has 1 aromatic heterocycles. The first-order chi connectivity index (χ1) is 4.84. The lowest BCUT2D eigenvalue weighted by Gasteiger charge is -1.99. The van der Waals surface area contributed by atoms with Crippen LogP contribution in [0, 0.1) is 6.92 Å². The number of aryl methyl sites for hydroxylation is 2. The highest BCUT2D eigenvalue weighted by Crippen LogP contribution is 2.04. The Morgan fingerprint density at radius 3 is 3.00 bits per heavy atom. The lowest BCUT2D eigenvalue weighted by molar-refractivity contribution is 1.02. The van der Waals surface area contributed by atoms with Gasteiger partial charge in [0.25, 0.3) is 0 Å². The van der Waals surface area contributed by atoms with Crippen LogP contribution in [0.4, 0.5) is 0 Å². The number of pyridine rings is 1. The van der Waals surface area contributed by atoms with Crippen LogP contribution in [0.1, 0.15) is 11.3 Å². The molecule has 2 heteroatoms. The quantitative estimate of drug-likeness (QED) is 0.667. The van der Waals surface area contributed by atoms with E-state index < -0.39 is 0 Å². The van der Waals surface area contributed by atoms with E-state index >= 15 is 0 Å². The van der Waals surface area contributed by atoms with E-state index in [-0.39, 0.29) is 0 Å². The van der Waals surface area contributed by atoms with Crippen molar-refractivity contribution in [3.63, 3.8) is 0 Å². The molecule has 0 amide bonds. The number of rotatable bonds is 2. The van der Waals surface area contributed by atoms with Gasteiger partial charge in [0.1, 0.15) is 0 Å². The second-order valence-corrected chi connectivity index (χ2v) is 3.00. The van der Waals surface area contributed by atoms with E-state index in [1.165, 1.54) is 11.3 Å². The number of hydrogen-bond donors (Lipinski definition) is 0. The largest absolute Gasteiger partial charge is 0.261 e. The van der Waals surface area contributed by atoms with Crippen molar-refractivity contribution in [2.24, 2.45) is 0 Å². The van der Waals surface area contributed by atoms with Crippen LogP contribution in [0.25, 0.3) is 0 Å². The number of hydrogen-bond acceptors (Lipinski definition) is 1. The minimum atomic E-state index is 0.991. The summed E-state index contributed by atoms with van der Waals surface area (Å²) in [7, 11) is 0. The molecule has 1 nitrogen and oxygen atoms in total. The fourth-order valence-electron chi connectivity index (χ4n) is 0.870. The number of nitrogens with zero attached hydrogens (tertiary/aromatic N) is 1. The molecule has 0 aliphatic heterocycles. The Kier molecular flexibility index (Phi) is 2.87. The van der Waals surface area contributed by atoms with E-state index in [2.05, 4.69) is 33.9 Å². The average Bonchev–Trinajstić information content (AvgIpc) is 1.94. The molecule has 10 heavy (non-hydrogen) atoms. The summed E-state index contributed by atoms with van der Waals surface area (Å²) < 4.78 is 0.